The summed E-state index contributed by atoms with van der Waals surface area (Å²) in [5, 5.41) is 3.42. The van der Waals surface area contributed by atoms with Crippen LogP contribution in [0.2, 0.25) is 0 Å². The average Bonchev–Trinajstić information content (AvgIpc) is 2.53. The van der Waals surface area contributed by atoms with Crippen molar-refractivity contribution in [2.24, 2.45) is 0 Å². The number of aromatic nitrogens is 2. The van der Waals surface area contributed by atoms with Crippen molar-refractivity contribution in [1.82, 2.24) is 19.8 Å². The van der Waals surface area contributed by atoms with Crippen molar-refractivity contribution < 1.29 is 0 Å². The molecule has 1 aromatic heterocycles. The summed E-state index contributed by atoms with van der Waals surface area (Å²) >= 11 is 0. The number of hydrogen-bond acceptors (Lipinski definition) is 3. The first kappa shape index (κ1) is 10.6. The molecule has 0 aromatic carbocycles. The van der Waals surface area contributed by atoms with Crippen LogP contribution in [-0.2, 0) is 6.54 Å². The predicted molar refractivity (Wildman–Crippen MR) is 60.9 cm³/mol. The molecular formula is C11H20N4. The molecule has 0 unspecified atom stereocenters. The van der Waals surface area contributed by atoms with E-state index in [1.54, 1.807) is 0 Å². The maximum Gasteiger partial charge on any atom is 0.105 e. The van der Waals surface area contributed by atoms with Gasteiger partial charge in [-0.2, -0.15) is 0 Å². The van der Waals surface area contributed by atoms with Crippen LogP contribution in [0.1, 0.15) is 12.2 Å². The van der Waals surface area contributed by atoms with E-state index in [9.17, 15) is 0 Å². The van der Waals surface area contributed by atoms with Crippen molar-refractivity contribution in [2.75, 3.05) is 32.7 Å². The lowest BCUT2D eigenvalue weighted by atomic mass is 10.4. The van der Waals surface area contributed by atoms with E-state index in [0.717, 1.165) is 25.5 Å². The van der Waals surface area contributed by atoms with Crippen molar-refractivity contribution >= 4 is 0 Å². The van der Waals surface area contributed by atoms with Gasteiger partial charge in [0, 0.05) is 38.6 Å². The number of nitrogens with zero attached hydrogens (tertiary/aromatic N) is 3. The van der Waals surface area contributed by atoms with Gasteiger partial charge in [0.05, 0.1) is 0 Å². The quantitative estimate of drug-likeness (QED) is 0.784. The molecule has 0 aliphatic carbocycles. The molecule has 4 nitrogen and oxygen atoms in total. The van der Waals surface area contributed by atoms with E-state index in [4.69, 9.17) is 0 Å². The van der Waals surface area contributed by atoms with Gasteiger partial charge in [-0.05, 0) is 26.4 Å². The molecule has 84 valence electrons. The van der Waals surface area contributed by atoms with Gasteiger partial charge in [0.2, 0.25) is 0 Å². The Morgan fingerprint density at radius 1 is 1.33 bits per heavy atom. The second-order valence-corrected chi connectivity index (χ2v) is 4.11. The minimum Gasteiger partial charge on any atom is -0.334 e. The zero-order valence-corrected chi connectivity index (χ0v) is 9.45. The third kappa shape index (κ3) is 3.04. The highest BCUT2D eigenvalue weighted by atomic mass is 15.2. The van der Waals surface area contributed by atoms with Crippen LogP contribution in [0, 0.1) is 6.92 Å². The molecule has 15 heavy (non-hydrogen) atoms. The Labute approximate surface area is 91.3 Å². The van der Waals surface area contributed by atoms with Crippen LogP contribution < -0.4 is 5.32 Å². The number of aryl methyl sites for hydroxylation is 1. The molecule has 1 aromatic rings. The van der Waals surface area contributed by atoms with Crippen molar-refractivity contribution in [3.05, 3.63) is 18.2 Å². The molecule has 0 saturated carbocycles. The number of rotatable bonds is 3. The van der Waals surface area contributed by atoms with Crippen LogP contribution in [0.4, 0.5) is 0 Å². The average molecular weight is 208 g/mol. The van der Waals surface area contributed by atoms with Crippen LogP contribution in [0.3, 0.4) is 0 Å². The summed E-state index contributed by atoms with van der Waals surface area (Å²) in [6, 6.07) is 0. The van der Waals surface area contributed by atoms with E-state index in [1.807, 2.05) is 6.20 Å². The largest absolute Gasteiger partial charge is 0.334 e. The fourth-order valence-corrected chi connectivity index (χ4v) is 2.01. The maximum absolute atomic E-state index is 4.23. The highest BCUT2D eigenvalue weighted by Gasteiger charge is 2.08. The van der Waals surface area contributed by atoms with Crippen molar-refractivity contribution in [1.29, 1.82) is 0 Å². The second-order valence-electron chi connectivity index (χ2n) is 4.11. The van der Waals surface area contributed by atoms with Gasteiger partial charge in [-0.3, -0.25) is 0 Å². The molecule has 0 atom stereocenters. The molecule has 1 aliphatic rings. The molecule has 1 saturated heterocycles. The lowest BCUT2D eigenvalue weighted by Gasteiger charge is -2.19. The van der Waals surface area contributed by atoms with Gasteiger partial charge >= 0.3 is 0 Å². The van der Waals surface area contributed by atoms with E-state index in [-0.39, 0.29) is 0 Å². The molecular weight excluding hydrogens is 188 g/mol. The summed E-state index contributed by atoms with van der Waals surface area (Å²) < 4.78 is 2.22. The third-order valence-electron chi connectivity index (χ3n) is 3.01. The molecule has 0 bridgehead atoms. The summed E-state index contributed by atoms with van der Waals surface area (Å²) in [6.45, 7) is 8.95. The van der Waals surface area contributed by atoms with E-state index in [0.29, 0.717) is 0 Å². The topological polar surface area (TPSA) is 33.1 Å². The van der Waals surface area contributed by atoms with Gasteiger partial charge < -0.3 is 14.8 Å². The first-order chi connectivity index (χ1) is 7.36. The minimum atomic E-state index is 1.06. The Morgan fingerprint density at radius 3 is 3.07 bits per heavy atom. The third-order valence-corrected chi connectivity index (χ3v) is 3.01. The summed E-state index contributed by atoms with van der Waals surface area (Å²) in [4.78, 5) is 6.76. The van der Waals surface area contributed by atoms with E-state index >= 15 is 0 Å². The van der Waals surface area contributed by atoms with E-state index < -0.39 is 0 Å². The van der Waals surface area contributed by atoms with E-state index in [2.05, 4.69) is 32.9 Å². The molecule has 1 N–H and O–H groups in total. The molecule has 1 aliphatic heterocycles. The minimum absolute atomic E-state index is 1.06. The standard InChI is InChI=1S/C11H20N4/c1-11-13-5-8-15(11)10-9-14-6-2-3-12-4-7-14/h5,8,12H,2-4,6-7,9-10H2,1H3. The number of imidazole rings is 1. The Hall–Kier alpha value is -0.870. The predicted octanol–water partition coefficient (Wildman–Crippen LogP) is 0.487. The van der Waals surface area contributed by atoms with Gasteiger partial charge in [0.15, 0.2) is 0 Å². The first-order valence-electron chi connectivity index (χ1n) is 5.77. The Balaban J connectivity index is 1.79. The Bertz CT molecular complexity index is 287. The first-order valence-corrected chi connectivity index (χ1v) is 5.77. The molecule has 2 heterocycles. The van der Waals surface area contributed by atoms with E-state index in [1.165, 1.54) is 26.1 Å². The zero-order chi connectivity index (χ0) is 10.5. The highest BCUT2D eigenvalue weighted by Crippen LogP contribution is 1.99. The van der Waals surface area contributed by atoms with Crippen LogP contribution in [0.5, 0.6) is 0 Å². The molecule has 2 rings (SSSR count). The Kier molecular flexibility index (Phi) is 3.75. The fourth-order valence-electron chi connectivity index (χ4n) is 2.01. The Morgan fingerprint density at radius 2 is 2.27 bits per heavy atom. The lowest BCUT2D eigenvalue weighted by Crippen LogP contribution is -2.31. The van der Waals surface area contributed by atoms with Crippen molar-refractivity contribution in [2.45, 2.75) is 19.9 Å². The number of hydrogen-bond donors (Lipinski definition) is 1. The summed E-state index contributed by atoms with van der Waals surface area (Å²) in [6.07, 6.45) is 5.20. The maximum atomic E-state index is 4.23. The fraction of sp³-hybridized carbons (Fsp3) is 0.727. The van der Waals surface area contributed by atoms with Crippen LogP contribution in [0.25, 0.3) is 0 Å². The SMILES string of the molecule is Cc1nccn1CCN1CCCNCC1. The second kappa shape index (κ2) is 5.28. The molecule has 1 fully saturated rings. The van der Waals surface area contributed by atoms with Crippen molar-refractivity contribution in [3.63, 3.8) is 0 Å². The van der Waals surface area contributed by atoms with Crippen LogP contribution in [-0.4, -0.2) is 47.2 Å². The molecule has 0 amide bonds. The normalized spacial score (nSPS) is 19.0. The van der Waals surface area contributed by atoms with Crippen molar-refractivity contribution in [3.8, 4) is 0 Å². The number of nitrogens with one attached hydrogen (secondary N) is 1. The van der Waals surface area contributed by atoms with Crippen LogP contribution >= 0.6 is 0 Å². The van der Waals surface area contributed by atoms with Gasteiger partial charge in [-0.15, -0.1) is 0 Å². The van der Waals surface area contributed by atoms with Gasteiger partial charge in [-0.25, -0.2) is 4.98 Å². The summed E-state index contributed by atoms with van der Waals surface area (Å²) in [5.74, 6) is 1.11. The molecule has 4 heteroatoms. The molecule has 0 radical (unpaired) electrons. The van der Waals surface area contributed by atoms with Crippen LogP contribution in [0.15, 0.2) is 12.4 Å². The molecule has 0 spiro atoms. The summed E-state index contributed by atoms with van der Waals surface area (Å²) in [5.41, 5.74) is 0. The monoisotopic (exact) mass is 208 g/mol. The van der Waals surface area contributed by atoms with Gasteiger partial charge in [-0.1, -0.05) is 0 Å². The highest BCUT2D eigenvalue weighted by molar-refractivity contribution is 4.88. The zero-order valence-electron chi connectivity index (χ0n) is 9.45. The van der Waals surface area contributed by atoms with Gasteiger partial charge in [0.25, 0.3) is 0 Å². The summed E-state index contributed by atoms with van der Waals surface area (Å²) in [7, 11) is 0. The smallest absolute Gasteiger partial charge is 0.105 e. The van der Waals surface area contributed by atoms with Gasteiger partial charge in [0.1, 0.15) is 5.82 Å². The lowest BCUT2D eigenvalue weighted by molar-refractivity contribution is 0.279.